The van der Waals surface area contributed by atoms with E-state index in [-0.39, 0.29) is 5.91 Å². The molecule has 31 heavy (non-hydrogen) atoms. The average Bonchev–Trinajstić information content (AvgIpc) is 3.17. The van der Waals surface area contributed by atoms with Gasteiger partial charge in [-0.15, -0.1) is 0 Å². The Morgan fingerprint density at radius 2 is 1.90 bits per heavy atom. The van der Waals surface area contributed by atoms with Crippen molar-refractivity contribution in [1.82, 2.24) is 24.8 Å². The van der Waals surface area contributed by atoms with E-state index in [2.05, 4.69) is 25.3 Å². The van der Waals surface area contributed by atoms with Gasteiger partial charge in [0, 0.05) is 65.0 Å². The Balaban J connectivity index is 1.61. The number of anilines is 1. The fourth-order valence-electron chi connectivity index (χ4n) is 3.16. The number of amides is 1. The smallest absolute Gasteiger partial charge is 0.248 e. The molecule has 0 radical (unpaired) electrons. The topological polar surface area (TPSA) is 86.8 Å². The van der Waals surface area contributed by atoms with Crippen LogP contribution in [0.2, 0.25) is 0 Å². The molecule has 0 fully saturated rings. The molecule has 7 nitrogen and oxygen atoms in total. The highest BCUT2D eigenvalue weighted by molar-refractivity contribution is 6.00. The molecular weight excluding hydrogens is 395 g/mol. The van der Waals surface area contributed by atoms with Gasteiger partial charge >= 0.3 is 0 Å². The van der Waals surface area contributed by atoms with E-state index in [0.29, 0.717) is 17.9 Å². The number of halogens is 1. The number of nitrogens with one attached hydrogen (secondary N) is 2. The van der Waals surface area contributed by atoms with Crippen molar-refractivity contribution in [3.05, 3.63) is 73.3 Å². The summed E-state index contributed by atoms with van der Waals surface area (Å²) in [6, 6.07) is 6.84. The molecule has 0 aliphatic heterocycles. The maximum atomic E-state index is 13.2. The molecule has 1 amide bonds. The number of carbonyl (C=O) groups is 1. The van der Waals surface area contributed by atoms with E-state index in [1.807, 2.05) is 37.3 Å². The van der Waals surface area contributed by atoms with Gasteiger partial charge in [-0.1, -0.05) is 6.08 Å². The third kappa shape index (κ3) is 4.81. The molecule has 0 aliphatic rings. The summed E-state index contributed by atoms with van der Waals surface area (Å²) in [4.78, 5) is 29.7. The van der Waals surface area contributed by atoms with Gasteiger partial charge in [0.15, 0.2) is 0 Å². The maximum absolute atomic E-state index is 13.2. The molecule has 0 saturated carbocycles. The second-order valence-electron chi connectivity index (χ2n) is 7.31. The quantitative estimate of drug-likeness (QED) is 0.368. The number of hydrogen-bond acceptors (Lipinski definition) is 5. The maximum Gasteiger partial charge on any atom is 0.248 e. The molecule has 4 aromatic rings. The van der Waals surface area contributed by atoms with E-state index in [1.54, 1.807) is 30.7 Å². The summed E-state index contributed by atoms with van der Waals surface area (Å²) in [6.07, 6.45) is 11.7. The van der Waals surface area contributed by atoms with Crippen molar-refractivity contribution in [1.29, 1.82) is 0 Å². The first-order chi connectivity index (χ1) is 15.0. The molecule has 4 heterocycles. The number of H-pyrrole nitrogens is 1. The Labute approximate surface area is 178 Å². The lowest BCUT2D eigenvalue weighted by atomic mass is 10.0. The van der Waals surface area contributed by atoms with Crippen molar-refractivity contribution in [3.63, 3.8) is 0 Å². The van der Waals surface area contributed by atoms with Crippen LogP contribution in [0.4, 0.5) is 10.1 Å². The summed E-state index contributed by atoms with van der Waals surface area (Å²) in [6.45, 7) is 0.681. The molecule has 0 spiro atoms. The van der Waals surface area contributed by atoms with Crippen molar-refractivity contribution in [2.24, 2.45) is 0 Å². The van der Waals surface area contributed by atoms with E-state index < -0.39 is 5.95 Å². The number of aromatic nitrogens is 4. The summed E-state index contributed by atoms with van der Waals surface area (Å²) in [5.41, 5.74) is 4.63. The lowest BCUT2D eigenvalue weighted by Gasteiger charge is -2.07. The van der Waals surface area contributed by atoms with E-state index in [0.717, 1.165) is 27.6 Å². The van der Waals surface area contributed by atoms with Gasteiger partial charge in [-0.2, -0.15) is 4.39 Å². The van der Waals surface area contributed by atoms with Crippen LogP contribution in [0, 0.1) is 5.95 Å². The predicted octanol–water partition coefficient (Wildman–Crippen LogP) is 3.88. The Morgan fingerprint density at radius 3 is 2.68 bits per heavy atom. The molecule has 0 unspecified atom stereocenters. The molecule has 4 rings (SSSR count). The first kappa shape index (κ1) is 20.4. The molecule has 0 bridgehead atoms. The zero-order valence-corrected chi connectivity index (χ0v) is 17.1. The van der Waals surface area contributed by atoms with Crippen molar-refractivity contribution < 1.29 is 9.18 Å². The summed E-state index contributed by atoms with van der Waals surface area (Å²) < 4.78 is 13.2. The first-order valence-corrected chi connectivity index (χ1v) is 9.66. The highest BCUT2D eigenvalue weighted by Gasteiger charge is 2.10. The fourth-order valence-corrected chi connectivity index (χ4v) is 3.16. The van der Waals surface area contributed by atoms with Crippen LogP contribution in [0.1, 0.15) is 0 Å². The molecular formula is C23H21FN6O. The minimum Gasteiger partial charge on any atom is -0.346 e. The standard InChI is InChI=1S/C23H21FN6O/c1-30(2)7-3-4-22(31)29-18-8-16(10-25-13-18)17-9-19-20(14-28-23(19)27-12-17)15-5-6-21(24)26-11-15/h3-6,8-14H,7H2,1-2H3,(H,27,28)(H,29,31)/b4-3+. The van der Waals surface area contributed by atoms with Crippen LogP contribution < -0.4 is 5.32 Å². The molecule has 2 N–H and O–H groups in total. The van der Waals surface area contributed by atoms with Crippen LogP contribution in [0.5, 0.6) is 0 Å². The lowest BCUT2D eigenvalue weighted by molar-refractivity contribution is -0.111. The van der Waals surface area contributed by atoms with Crippen molar-refractivity contribution in [2.75, 3.05) is 26.0 Å². The Bertz CT molecular complexity index is 1250. The highest BCUT2D eigenvalue weighted by Crippen LogP contribution is 2.31. The Morgan fingerprint density at radius 1 is 1.10 bits per heavy atom. The molecule has 0 aromatic carbocycles. The number of fused-ring (bicyclic) bond motifs is 1. The van der Waals surface area contributed by atoms with Gasteiger partial charge in [0.05, 0.1) is 11.9 Å². The molecule has 0 saturated heterocycles. The molecule has 0 atom stereocenters. The second kappa shape index (κ2) is 8.85. The number of aromatic amines is 1. The van der Waals surface area contributed by atoms with Gasteiger partial charge in [0.25, 0.3) is 0 Å². The SMILES string of the molecule is CN(C)C/C=C/C(=O)Nc1cncc(-c2cnc3[nH]cc(-c4ccc(F)nc4)c3c2)c1. The lowest BCUT2D eigenvalue weighted by Crippen LogP contribution is -2.13. The molecule has 4 aromatic heterocycles. The number of carbonyl (C=O) groups excluding carboxylic acids is 1. The third-order valence-electron chi connectivity index (χ3n) is 4.65. The van der Waals surface area contributed by atoms with E-state index >= 15 is 0 Å². The van der Waals surface area contributed by atoms with Crippen LogP contribution in [-0.4, -0.2) is 51.4 Å². The fraction of sp³-hybridized carbons (Fsp3) is 0.130. The van der Waals surface area contributed by atoms with Crippen molar-refractivity contribution in [3.8, 4) is 22.3 Å². The number of pyridine rings is 3. The van der Waals surface area contributed by atoms with Gasteiger partial charge in [0.2, 0.25) is 11.9 Å². The van der Waals surface area contributed by atoms with Crippen molar-refractivity contribution >= 4 is 22.6 Å². The summed E-state index contributed by atoms with van der Waals surface area (Å²) in [7, 11) is 3.87. The molecule has 156 valence electrons. The Hall–Kier alpha value is -3.91. The van der Waals surface area contributed by atoms with Gasteiger partial charge in [0.1, 0.15) is 5.65 Å². The van der Waals surface area contributed by atoms with E-state index in [9.17, 15) is 9.18 Å². The third-order valence-corrected chi connectivity index (χ3v) is 4.65. The van der Waals surface area contributed by atoms with Crippen LogP contribution >= 0.6 is 0 Å². The highest BCUT2D eigenvalue weighted by atomic mass is 19.1. The van der Waals surface area contributed by atoms with Gasteiger partial charge in [-0.25, -0.2) is 9.97 Å². The summed E-state index contributed by atoms with van der Waals surface area (Å²) in [5.74, 6) is -0.741. The number of rotatable bonds is 6. The minimum atomic E-state index is -0.524. The van der Waals surface area contributed by atoms with Gasteiger partial charge in [-0.05, 0) is 38.4 Å². The minimum absolute atomic E-state index is 0.217. The molecule has 8 heteroatoms. The van der Waals surface area contributed by atoms with E-state index in [4.69, 9.17) is 0 Å². The van der Waals surface area contributed by atoms with Crippen LogP contribution in [-0.2, 0) is 4.79 Å². The van der Waals surface area contributed by atoms with E-state index in [1.165, 1.54) is 18.3 Å². The van der Waals surface area contributed by atoms with Crippen LogP contribution in [0.3, 0.4) is 0 Å². The van der Waals surface area contributed by atoms with Crippen molar-refractivity contribution in [2.45, 2.75) is 0 Å². The zero-order chi connectivity index (χ0) is 21.8. The summed E-state index contributed by atoms with van der Waals surface area (Å²) in [5, 5.41) is 3.70. The Kier molecular flexibility index (Phi) is 5.81. The number of nitrogens with zero attached hydrogens (tertiary/aromatic N) is 4. The summed E-state index contributed by atoms with van der Waals surface area (Å²) >= 11 is 0. The largest absolute Gasteiger partial charge is 0.346 e. The first-order valence-electron chi connectivity index (χ1n) is 9.66. The van der Waals surface area contributed by atoms with Crippen LogP contribution in [0.15, 0.2) is 67.4 Å². The number of likely N-dealkylation sites (N-methyl/N-ethyl adjacent to an activating group) is 1. The van der Waals surface area contributed by atoms with Crippen LogP contribution in [0.25, 0.3) is 33.3 Å². The monoisotopic (exact) mass is 416 g/mol. The van der Waals surface area contributed by atoms with Gasteiger partial charge in [-0.3, -0.25) is 9.78 Å². The second-order valence-corrected chi connectivity index (χ2v) is 7.31. The number of hydrogen-bond donors (Lipinski definition) is 2. The average molecular weight is 416 g/mol. The zero-order valence-electron chi connectivity index (χ0n) is 17.1. The normalized spacial score (nSPS) is 11.5. The molecule has 0 aliphatic carbocycles. The van der Waals surface area contributed by atoms with Gasteiger partial charge < -0.3 is 15.2 Å². The predicted molar refractivity (Wildman–Crippen MR) is 119 cm³/mol.